The molecule has 154 valence electrons. The van der Waals surface area contributed by atoms with E-state index in [0.29, 0.717) is 43.3 Å². The first-order chi connectivity index (χ1) is 14.0. The molecule has 29 heavy (non-hydrogen) atoms. The van der Waals surface area contributed by atoms with Crippen molar-refractivity contribution in [3.8, 4) is 0 Å². The number of halogens is 2. The van der Waals surface area contributed by atoms with Gasteiger partial charge in [0.15, 0.2) is 5.78 Å². The molecule has 0 radical (unpaired) electrons. The minimum Gasteiger partial charge on any atom is -0.338 e. The number of Topliss-reactive ketones (excluding diaryl/α,β-unsaturated/α-hetero) is 1. The molecule has 0 unspecified atom stereocenters. The van der Waals surface area contributed by atoms with Gasteiger partial charge in [-0.15, -0.1) is 0 Å². The van der Waals surface area contributed by atoms with Gasteiger partial charge in [0.2, 0.25) is 5.91 Å². The number of carbonyl (C=O) groups is 2. The number of hydrogen-bond acceptors (Lipinski definition) is 3. The van der Waals surface area contributed by atoms with Crippen LogP contribution in [0.4, 0.5) is 4.39 Å². The zero-order chi connectivity index (χ0) is 20.8. The summed E-state index contributed by atoms with van der Waals surface area (Å²) in [6.07, 6.45) is 1.48. The van der Waals surface area contributed by atoms with Crippen molar-refractivity contribution in [2.75, 3.05) is 26.2 Å². The maximum atomic E-state index is 13.4. The first kappa shape index (κ1) is 21.5. The summed E-state index contributed by atoms with van der Waals surface area (Å²) in [5.74, 6) is -0.135. The molecule has 6 heteroatoms. The third kappa shape index (κ3) is 5.87. The van der Waals surface area contributed by atoms with Crippen molar-refractivity contribution in [2.45, 2.75) is 26.3 Å². The number of nitrogens with zero attached hydrogens (tertiary/aromatic N) is 2. The molecule has 1 saturated heterocycles. The lowest BCUT2D eigenvalue weighted by Gasteiger charge is -2.32. The van der Waals surface area contributed by atoms with Gasteiger partial charge in [-0.25, -0.2) is 4.39 Å². The van der Waals surface area contributed by atoms with Gasteiger partial charge < -0.3 is 4.90 Å². The number of piperidine rings is 1. The number of rotatable bonds is 7. The van der Waals surface area contributed by atoms with E-state index >= 15 is 0 Å². The molecule has 0 bridgehead atoms. The lowest BCUT2D eigenvalue weighted by Crippen LogP contribution is -2.44. The number of ketones is 1. The highest BCUT2D eigenvalue weighted by Gasteiger charge is 2.27. The van der Waals surface area contributed by atoms with Gasteiger partial charge in [0, 0.05) is 29.6 Å². The van der Waals surface area contributed by atoms with Crippen molar-refractivity contribution in [1.29, 1.82) is 0 Å². The average Bonchev–Trinajstić information content (AvgIpc) is 2.72. The van der Waals surface area contributed by atoms with Crippen molar-refractivity contribution in [3.05, 3.63) is 70.5 Å². The van der Waals surface area contributed by atoms with E-state index in [9.17, 15) is 14.0 Å². The quantitative estimate of drug-likeness (QED) is 0.627. The van der Waals surface area contributed by atoms with Crippen LogP contribution in [0.1, 0.15) is 35.7 Å². The second-order valence-electron chi connectivity index (χ2n) is 7.46. The summed E-state index contributed by atoms with van der Waals surface area (Å²) in [7, 11) is 0. The number of hydrogen-bond donors (Lipinski definition) is 0. The fourth-order valence-corrected chi connectivity index (χ4v) is 3.85. The third-order valence-electron chi connectivity index (χ3n) is 5.44. The van der Waals surface area contributed by atoms with E-state index in [1.165, 1.54) is 12.1 Å². The summed E-state index contributed by atoms with van der Waals surface area (Å²) in [4.78, 5) is 29.2. The van der Waals surface area contributed by atoms with Gasteiger partial charge in [0.25, 0.3) is 0 Å². The van der Waals surface area contributed by atoms with Gasteiger partial charge in [0.05, 0.1) is 6.54 Å². The number of amides is 1. The van der Waals surface area contributed by atoms with E-state index in [0.717, 1.165) is 18.4 Å². The summed E-state index contributed by atoms with van der Waals surface area (Å²) >= 11 is 5.89. The second-order valence-corrected chi connectivity index (χ2v) is 7.90. The Kier molecular flexibility index (Phi) is 7.40. The highest BCUT2D eigenvalue weighted by molar-refractivity contribution is 6.30. The van der Waals surface area contributed by atoms with Crippen molar-refractivity contribution in [3.63, 3.8) is 0 Å². The number of likely N-dealkylation sites (tertiary alicyclic amines) is 1. The zero-order valence-corrected chi connectivity index (χ0v) is 17.4. The maximum absolute atomic E-state index is 13.4. The highest BCUT2D eigenvalue weighted by Crippen LogP contribution is 2.23. The van der Waals surface area contributed by atoms with Crippen LogP contribution in [-0.4, -0.2) is 47.7 Å². The molecule has 2 aromatic carbocycles. The van der Waals surface area contributed by atoms with Crippen LogP contribution in [0.2, 0.25) is 5.02 Å². The topological polar surface area (TPSA) is 40.6 Å². The first-order valence-electron chi connectivity index (χ1n) is 10.0. The van der Waals surface area contributed by atoms with Crippen LogP contribution in [0.25, 0.3) is 0 Å². The van der Waals surface area contributed by atoms with Crippen LogP contribution in [0.15, 0.2) is 48.5 Å². The summed E-state index contributed by atoms with van der Waals surface area (Å²) in [5, 5.41) is 0.619. The Balaban J connectivity index is 1.50. The molecule has 1 amide bonds. The number of carbonyl (C=O) groups excluding carboxylic acids is 2. The predicted octanol–water partition coefficient (Wildman–Crippen LogP) is 4.42. The summed E-state index contributed by atoms with van der Waals surface area (Å²) < 4.78 is 13.4. The Morgan fingerprint density at radius 1 is 1.14 bits per heavy atom. The summed E-state index contributed by atoms with van der Waals surface area (Å²) in [6, 6.07) is 13.4. The minimum atomic E-state index is -0.293. The standard InChI is InChI=1S/C23H26ClFN2O2/c1-2-27(15-17-4-3-5-21(25)14-17)22(28)16-26-12-10-19(11-13-26)23(29)18-6-8-20(24)9-7-18/h3-9,14,19H,2,10-13,15-16H2,1H3. The Labute approximate surface area is 176 Å². The van der Waals surface area contributed by atoms with Crippen LogP contribution in [-0.2, 0) is 11.3 Å². The van der Waals surface area contributed by atoms with E-state index < -0.39 is 0 Å². The first-order valence-corrected chi connectivity index (χ1v) is 10.4. The number of likely N-dealkylation sites (N-methyl/N-ethyl adjacent to an activating group) is 1. The van der Waals surface area contributed by atoms with Crippen molar-refractivity contribution in [1.82, 2.24) is 9.80 Å². The largest absolute Gasteiger partial charge is 0.338 e. The Morgan fingerprint density at radius 2 is 1.83 bits per heavy atom. The normalized spacial score (nSPS) is 15.3. The highest BCUT2D eigenvalue weighted by atomic mass is 35.5. The minimum absolute atomic E-state index is 0.0166. The van der Waals surface area contributed by atoms with Gasteiger partial charge in [0.1, 0.15) is 5.82 Å². The molecule has 1 aliphatic rings. The molecule has 1 aliphatic heterocycles. The van der Waals surface area contributed by atoms with Crippen molar-refractivity contribution >= 4 is 23.3 Å². The molecule has 0 aromatic heterocycles. The lowest BCUT2D eigenvalue weighted by atomic mass is 9.89. The average molecular weight is 417 g/mol. The van der Waals surface area contributed by atoms with Crippen molar-refractivity contribution in [2.24, 2.45) is 5.92 Å². The Morgan fingerprint density at radius 3 is 2.45 bits per heavy atom. The Hall–Kier alpha value is -2.24. The summed E-state index contributed by atoms with van der Waals surface area (Å²) in [5.41, 5.74) is 1.48. The van der Waals surface area contributed by atoms with Crippen LogP contribution >= 0.6 is 11.6 Å². The summed E-state index contributed by atoms with van der Waals surface area (Å²) in [6.45, 7) is 4.65. The van der Waals surface area contributed by atoms with Gasteiger partial charge in [-0.3, -0.25) is 14.5 Å². The van der Waals surface area contributed by atoms with Gasteiger partial charge >= 0.3 is 0 Å². The van der Waals surface area contributed by atoms with Crippen LogP contribution in [0.3, 0.4) is 0 Å². The molecule has 0 atom stereocenters. The number of benzene rings is 2. The molecule has 3 rings (SSSR count). The third-order valence-corrected chi connectivity index (χ3v) is 5.69. The van der Waals surface area contributed by atoms with Crippen LogP contribution < -0.4 is 0 Å². The zero-order valence-electron chi connectivity index (χ0n) is 16.6. The smallest absolute Gasteiger partial charge is 0.237 e. The monoisotopic (exact) mass is 416 g/mol. The SMILES string of the molecule is CCN(Cc1cccc(F)c1)C(=O)CN1CCC(C(=O)c2ccc(Cl)cc2)CC1. The van der Waals surface area contributed by atoms with E-state index in [4.69, 9.17) is 11.6 Å². The maximum Gasteiger partial charge on any atom is 0.237 e. The van der Waals surface area contributed by atoms with E-state index in [1.807, 2.05) is 13.0 Å². The van der Waals surface area contributed by atoms with E-state index in [1.54, 1.807) is 35.2 Å². The molecule has 0 aliphatic carbocycles. The van der Waals surface area contributed by atoms with Gasteiger partial charge in [-0.05, 0) is 74.8 Å². The molecule has 0 saturated carbocycles. The van der Waals surface area contributed by atoms with E-state index in [-0.39, 0.29) is 23.4 Å². The molecule has 0 N–H and O–H groups in total. The molecular weight excluding hydrogens is 391 g/mol. The van der Waals surface area contributed by atoms with Crippen LogP contribution in [0, 0.1) is 11.7 Å². The lowest BCUT2D eigenvalue weighted by molar-refractivity contribution is -0.133. The molecule has 4 nitrogen and oxygen atoms in total. The molecule has 0 spiro atoms. The molecular formula is C23H26ClFN2O2. The van der Waals surface area contributed by atoms with E-state index in [2.05, 4.69) is 4.90 Å². The Bertz CT molecular complexity index is 848. The molecule has 2 aromatic rings. The predicted molar refractivity (Wildman–Crippen MR) is 112 cm³/mol. The molecule has 1 heterocycles. The van der Waals surface area contributed by atoms with Gasteiger partial charge in [-0.1, -0.05) is 23.7 Å². The fraction of sp³-hybridized carbons (Fsp3) is 0.391. The fourth-order valence-electron chi connectivity index (χ4n) is 3.73. The van der Waals surface area contributed by atoms with Gasteiger partial charge in [-0.2, -0.15) is 0 Å². The van der Waals surface area contributed by atoms with Crippen molar-refractivity contribution < 1.29 is 14.0 Å². The second kappa shape index (κ2) is 9.99. The van der Waals surface area contributed by atoms with Crippen LogP contribution in [0.5, 0.6) is 0 Å². The molecule has 1 fully saturated rings.